The highest BCUT2D eigenvalue weighted by molar-refractivity contribution is 5.96. The number of methoxy groups -OCH3 is 1. The normalized spacial score (nSPS) is 23.1. The summed E-state index contributed by atoms with van der Waals surface area (Å²) in [5.41, 5.74) is 0. The van der Waals surface area contributed by atoms with E-state index in [9.17, 15) is 9.59 Å². The van der Waals surface area contributed by atoms with Crippen LogP contribution in [0.25, 0.3) is 0 Å². The fourth-order valence-corrected chi connectivity index (χ4v) is 2.78. The Kier molecular flexibility index (Phi) is 7.15. The van der Waals surface area contributed by atoms with E-state index < -0.39 is 0 Å². The Morgan fingerprint density at radius 1 is 1.14 bits per heavy atom. The van der Waals surface area contributed by atoms with Gasteiger partial charge in [0.15, 0.2) is 0 Å². The second-order valence-electron chi connectivity index (χ2n) is 6.71. The first-order valence-corrected chi connectivity index (χ1v) is 7.96. The maximum absolute atomic E-state index is 12.7. The summed E-state index contributed by atoms with van der Waals surface area (Å²) in [4.78, 5) is 26.8. The van der Waals surface area contributed by atoms with Gasteiger partial charge in [-0.05, 0) is 31.1 Å². The molecular weight excluding hydrogens is 268 g/mol. The van der Waals surface area contributed by atoms with Crippen LogP contribution in [-0.2, 0) is 14.3 Å². The molecule has 0 saturated carbocycles. The predicted molar refractivity (Wildman–Crippen MR) is 82.8 cm³/mol. The van der Waals surface area contributed by atoms with E-state index in [1.807, 2.05) is 0 Å². The van der Waals surface area contributed by atoms with E-state index in [4.69, 9.17) is 4.74 Å². The third kappa shape index (κ3) is 5.30. The first-order chi connectivity index (χ1) is 9.86. The summed E-state index contributed by atoms with van der Waals surface area (Å²) in [6, 6.07) is -0.707. The van der Waals surface area contributed by atoms with E-state index in [2.05, 4.69) is 33.0 Å². The Labute approximate surface area is 128 Å². The number of rotatable bonds is 8. The van der Waals surface area contributed by atoms with Crippen molar-refractivity contribution in [2.75, 3.05) is 20.3 Å². The number of nitrogens with zero attached hydrogens (tertiary/aromatic N) is 1. The Morgan fingerprint density at radius 2 is 1.76 bits per heavy atom. The highest BCUT2D eigenvalue weighted by Gasteiger charge is 2.40. The van der Waals surface area contributed by atoms with Crippen molar-refractivity contribution in [3.05, 3.63) is 0 Å². The van der Waals surface area contributed by atoms with Crippen LogP contribution < -0.4 is 5.32 Å². The van der Waals surface area contributed by atoms with Gasteiger partial charge in [-0.1, -0.05) is 27.7 Å². The van der Waals surface area contributed by atoms with Gasteiger partial charge in [0.25, 0.3) is 0 Å². The van der Waals surface area contributed by atoms with Crippen LogP contribution >= 0.6 is 0 Å². The Balaban J connectivity index is 2.82. The summed E-state index contributed by atoms with van der Waals surface area (Å²) >= 11 is 0. The lowest BCUT2D eigenvalue weighted by molar-refractivity contribution is -0.150. The lowest BCUT2D eigenvalue weighted by Crippen LogP contribution is -2.63. The summed E-state index contributed by atoms with van der Waals surface area (Å²) < 4.78 is 5.06. The predicted octanol–water partition coefficient (Wildman–Crippen LogP) is 1.81. The van der Waals surface area contributed by atoms with Crippen molar-refractivity contribution in [2.24, 2.45) is 11.8 Å². The van der Waals surface area contributed by atoms with Crippen LogP contribution in [0.3, 0.4) is 0 Å². The average Bonchev–Trinajstić information content (AvgIpc) is 2.38. The van der Waals surface area contributed by atoms with E-state index in [1.54, 1.807) is 12.0 Å². The minimum Gasteiger partial charge on any atom is -0.385 e. The van der Waals surface area contributed by atoms with Gasteiger partial charge in [-0.15, -0.1) is 0 Å². The van der Waals surface area contributed by atoms with Crippen molar-refractivity contribution in [2.45, 2.75) is 59.0 Å². The quantitative estimate of drug-likeness (QED) is 0.695. The number of carbonyl (C=O) groups is 2. The maximum Gasteiger partial charge on any atom is 0.245 e. The van der Waals surface area contributed by atoms with E-state index in [0.717, 1.165) is 6.42 Å². The molecule has 0 radical (unpaired) electrons. The number of nitrogens with one attached hydrogen (secondary N) is 1. The fourth-order valence-electron chi connectivity index (χ4n) is 2.78. The largest absolute Gasteiger partial charge is 0.385 e. The molecule has 1 heterocycles. The average molecular weight is 298 g/mol. The lowest BCUT2D eigenvalue weighted by atomic mass is 9.94. The van der Waals surface area contributed by atoms with Gasteiger partial charge < -0.3 is 15.0 Å². The molecule has 2 amide bonds. The van der Waals surface area contributed by atoms with Crippen LogP contribution in [0.5, 0.6) is 0 Å². The second-order valence-corrected chi connectivity index (χ2v) is 6.71. The maximum atomic E-state index is 12.7. The molecule has 1 saturated heterocycles. The summed E-state index contributed by atoms with van der Waals surface area (Å²) in [7, 11) is 1.65. The summed E-state index contributed by atoms with van der Waals surface area (Å²) in [6.45, 7) is 9.47. The Morgan fingerprint density at radius 3 is 2.29 bits per heavy atom. The second kappa shape index (κ2) is 8.37. The highest BCUT2D eigenvalue weighted by atomic mass is 16.5. The molecule has 1 aliphatic heterocycles. The summed E-state index contributed by atoms with van der Waals surface area (Å²) in [5.74, 6) is 0.804. The molecule has 1 fully saturated rings. The van der Waals surface area contributed by atoms with Gasteiger partial charge in [0.2, 0.25) is 11.8 Å². The minimum absolute atomic E-state index is 0.00799. The molecule has 0 aromatic rings. The number of piperazine rings is 1. The third-order valence-electron chi connectivity index (χ3n) is 3.73. The van der Waals surface area contributed by atoms with Crippen molar-refractivity contribution >= 4 is 11.8 Å². The van der Waals surface area contributed by atoms with Crippen molar-refractivity contribution in [3.63, 3.8) is 0 Å². The van der Waals surface area contributed by atoms with Crippen molar-refractivity contribution in [3.8, 4) is 0 Å². The zero-order chi connectivity index (χ0) is 16.0. The number of hydrogen-bond acceptors (Lipinski definition) is 3. The van der Waals surface area contributed by atoms with Crippen molar-refractivity contribution in [1.29, 1.82) is 0 Å². The molecule has 1 aliphatic rings. The van der Waals surface area contributed by atoms with Gasteiger partial charge in [-0.2, -0.15) is 0 Å². The van der Waals surface area contributed by atoms with Crippen LogP contribution in [0.1, 0.15) is 47.0 Å². The molecule has 0 aromatic carbocycles. The molecule has 1 rings (SSSR count). The van der Waals surface area contributed by atoms with Crippen LogP contribution in [0, 0.1) is 11.8 Å². The van der Waals surface area contributed by atoms with Gasteiger partial charge >= 0.3 is 0 Å². The first kappa shape index (κ1) is 18.0. The Bertz CT molecular complexity index is 355. The third-order valence-corrected chi connectivity index (χ3v) is 3.73. The van der Waals surface area contributed by atoms with Crippen LogP contribution in [0.4, 0.5) is 0 Å². The standard InChI is InChI=1S/C16H30N2O3/c1-11(2)9-13-16(20)18(7-6-8-21-5)14(10-12(3)4)15(19)17-13/h11-14H,6-10H2,1-5H3,(H,17,19). The van der Waals surface area contributed by atoms with Crippen LogP contribution in [0.2, 0.25) is 0 Å². The molecule has 0 spiro atoms. The fraction of sp³-hybridized carbons (Fsp3) is 0.875. The molecule has 0 bridgehead atoms. The SMILES string of the molecule is COCCCN1C(=O)C(CC(C)C)NC(=O)C1CC(C)C. The summed E-state index contributed by atoms with van der Waals surface area (Å²) in [6.07, 6.45) is 2.16. The molecular formula is C16H30N2O3. The molecule has 122 valence electrons. The molecule has 5 heteroatoms. The minimum atomic E-state index is -0.372. The van der Waals surface area contributed by atoms with Crippen LogP contribution in [-0.4, -0.2) is 49.1 Å². The van der Waals surface area contributed by atoms with Gasteiger partial charge in [0.1, 0.15) is 12.1 Å². The van der Waals surface area contributed by atoms with Gasteiger partial charge in [-0.3, -0.25) is 9.59 Å². The molecule has 1 N–H and O–H groups in total. The highest BCUT2D eigenvalue weighted by Crippen LogP contribution is 2.20. The molecule has 5 nitrogen and oxygen atoms in total. The molecule has 0 aromatic heterocycles. The van der Waals surface area contributed by atoms with E-state index in [1.165, 1.54) is 0 Å². The lowest BCUT2D eigenvalue weighted by Gasteiger charge is -2.40. The smallest absolute Gasteiger partial charge is 0.245 e. The van der Waals surface area contributed by atoms with Crippen LogP contribution in [0.15, 0.2) is 0 Å². The van der Waals surface area contributed by atoms with Gasteiger partial charge in [0.05, 0.1) is 0 Å². The zero-order valence-corrected chi connectivity index (χ0v) is 14.0. The monoisotopic (exact) mass is 298 g/mol. The Hall–Kier alpha value is -1.10. The number of hydrogen-bond donors (Lipinski definition) is 1. The number of carbonyl (C=O) groups excluding carboxylic acids is 2. The van der Waals surface area contributed by atoms with Crippen molar-refractivity contribution < 1.29 is 14.3 Å². The molecule has 2 unspecified atom stereocenters. The topological polar surface area (TPSA) is 58.6 Å². The molecule has 0 aliphatic carbocycles. The zero-order valence-electron chi connectivity index (χ0n) is 14.0. The van der Waals surface area contributed by atoms with Gasteiger partial charge in [0, 0.05) is 20.3 Å². The van der Waals surface area contributed by atoms with E-state index >= 15 is 0 Å². The number of ether oxygens (including phenoxy) is 1. The van der Waals surface area contributed by atoms with E-state index in [0.29, 0.717) is 37.8 Å². The van der Waals surface area contributed by atoms with E-state index in [-0.39, 0.29) is 23.9 Å². The summed E-state index contributed by atoms with van der Waals surface area (Å²) in [5, 5.41) is 2.91. The van der Waals surface area contributed by atoms with Crippen molar-refractivity contribution in [1.82, 2.24) is 10.2 Å². The number of amides is 2. The molecule has 2 atom stereocenters. The first-order valence-electron chi connectivity index (χ1n) is 7.96. The molecule has 21 heavy (non-hydrogen) atoms. The van der Waals surface area contributed by atoms with Gasteiger partial charge in [-0.25, -0.2) is 0 Å².